The third kappa shape index (κ3) is 47.0. The minimum Gasteiger partial charge on any atom is -0.462 e. The molecule has 0 amide bonds. The molecule has 0 fully saturated rings. The average Bonchev–Trinajstić information content (AvgIpc) is 3.25. The molecule has 0 aliphatic carbocycles. The van der Waals surface area contributed by atoms with Crippen LogP contribution >= 0.6 is 0 Å². The minimum absolute atomic E-state index is 0.0329. The third-order valence-electron chi connectivity index (χ3n) is 9.44. The lowest BCUT2D eigenvalue weighted by atomic mass is 10.1. The Kier molecular flexibility index (Phi) is 46.6. The van der Waals surface area contributed by atoms with Crippen molar-refractivity contribution >= 4 is 11.9 Å². The summed E-state index contributed by atoms with van der Waals surface area (Å²) in [6.07, 6.45) is 69.2. The maximum Gasteiger partial charge on any atom is 0.306 e. The van der Waals surface area contributed by atoms with E-state index in [0.717, 1.165) is 128 Å². The first-order valence-corrected chi connectivity index (χ1v) is 24.1. The molecule has 0 bridgehead atoms. The first-order chi connectivity index (χ1) is 29.6. The molecule has 0 aromatic heterocycles. The van der Waals surface area contributed by atoms with E-state index in [2.05, 4.69) is 142 Å². The van der Waals surface area contributed by atoms with E-state index < -0.39 is 6.10 Å². The van der Waals surface area contributed by atoms with Gasteiger partial charge in [-0.25, -0.2) is 0 Å². The highest BCUT2D eigenvalue weighted by Gasteiger charge is 2.17. The second-order valence-corrected chi connectivity index (χ2v) is 15.2. The largest absolute Gasteiger partial charge is 0.462 e. The zero-order chi connectivity index (χ0) is 43.5. The Morgan fingerprint density at radius 1 is 0.383 bits per heavy atom. The Labute approximate surface area is 369 Å². The molecule has 0 N–H and O–H groups in total. The normalized spacial score (nSPS) is 13.3. The van der Waals surface area contributed by atoms with Gasteiger partial charge in [-0.2, -0.15) is 0 Å². The second-order valence-electron chi connectivity index (χ2n) is 15.2. The van der Waals surface area contributed by atoms with E-state index in [4.69, 9.17) is 14.2 Å². The van der Waals surface area contributed by atoms with Gasteiger partial charge in [0.25, 0.3) is 0 Å². The quantitative estimate of drug-likeness (QED) is 0.0348. The van der Waals surface area contributed by atoms with Crippen molar-refractivity contribution in [3.63, 3.8) is 0 Å². The van der Waals surface area contributed by atoms with Crippen molar-refractivity contribution in [2.24, 2.45) is 0 Å². The van der Waals surface area contributed by atoms with Gasteiger partial charge in [0, 0.05) is 19.4 Å². The zero-order valence-electron chi connectivity index (χ0n) is 38.7. The van der Waals surface area contributed by atoms with Crippen LogP contribution in [0.4, 0.5) is 0 Å². The molecule has 338 valence electrons. The molecule has 5 nitrogen and oxygen atoms in total. The lowest BCUT2D eigenvalue weighted by Gasteiger charge is -2.18. The van der Waals surface area contributed by atoms with Gasteiger partial charge in [0.15, 0.2) is 6.10 Å². The zero-order valence-corrected chi connectivity index (χ0v) is 38.7. The molecule has 0 heterocycles. The Morgan fingerprint density at radius 2 is 0.767 bits per heavy atom. The number of allylic oxidation sites excluding steroid dienone is 20. The molecule has 0 rings (SSSR count). The molecule has 0 saturated heterocycles. The Hall–Kier alpha value is -3.70. The Bertz CT molecular complexity index is 1260. The van der Waals surface area contributed by atoms with Crippen molar-refractivity contribution in [1.82, 2.24) is 0 Å². The monoisotopic (exact) mass is 829 g/mol. The molecule has 0 radical (unpaired) electrons. The van der Waals surface area contributed by atoms with Crippen molar-refractivity contribution in [3.05, 3.63) is 122 Å². The molecule has 0 aliphatic rings. The summed E-state index contributed by atoms with van der Waals surface area (Å²) >= 11 is 0. The third-order valence-corrected chi connectivity index (χ3v) is 9.44. The molecule has 1 atom stereocenters. The minimum atomic E-state index is -0.585. The first kappa shape index (κ1) is 56.3. The predicted octanol–water partition coefficient (Wildman–Crippen LogP) is 16.2. The highest BCUT2D eigenvalue weighted by Crippen LogP contribution is 2.11. The van der Waals surface area contributed by atoms with Crippen molar-refractivity contribution < 1.29 is 23.8 Å². The van der Waals surface area contributed by atoms with E-state index >= 15 is 0 Å². The summed E-state index contributed by atoms with van der Waals surface area (Å²) in [5, 5.41) is 0. The van der Waals surface area contributed by atoms with Crippen molar-refractivity contribution in [2.45, 2.75) is 194 Å². The topological polar surface area (TPSA) is 61.8 Å². The van der Waals surface area contributed by atoms with Gasteiger partial charge in [-0.3, -0.25) is 9.59 Å². The summed E-state index contributed by atoms with van der Waals surface area (Å²) in [6.45, 7) is 7.39. The molecular formula is C55H88O5. The summed E-state index contributed by atoms with van der Waals surface area (Å²) in [7, 11) is 0. The molecule has 0 spiro atoms. The summed E-state index contributed by atoms with van der Waals surface area (Å²) in [5.41, 5.74) is 0. The summed E-state index contributed by atoms with van der Waals surface area (Å²) in [6, 6.07) is 0. The van der Waals surface area contributed by atoms with Crippen LogP contribution in [-0.2, 0) is 23.8 Å². The Morgan fingerprint density at radius 3 is 1.25 bits per heavy atom. The molecule has 0 saturated carbocycles. The van der Waals surface area contributed by atoms with Crippen molar-refractivity contribution in [3.8, 4) is 0 Å². The van der Waals surface area contributed by atoms with Crippen LogP contribution in [-0.4, -0.2) is 37.9 Å². The summed E-state index contributed by atoms with van der Waals surface area (Å²) in [4.78, 5) is 25.3. The van der Waals surface area contributed by atoms with Gasteiger partial charge in [-0.1, -0.05) is 181 Å². The van der Waals surface area contributed by atoms with Crippen molar-refractivity contribution in [2.75, 3.05) is 19.8 Å². The van der Waals surface area contributed by atoms with Crippen LogP contribution in [0.5, 0.6) is 0 Å². The van der Waals surface area contributed by atoms with Gasteiger partial charge >= 0.3 is 11.9 Å². The lowest BCUT2D eigenvalue weighted by molar-refractivity contribution is -0.163. The SMILES string of the molecule is CC/C=C\C/C=C\C/C=C\C/C=C\C/C=C\CCCC(=O)OCC(COCCCCCC/C=C\C/C=C\C/C=C\CC)OC(=O)CCCCCCC/C=C\C/C=C\CCC. The summed E-state index contributed by atoms with van der Waals surface area (Å²) in [5.74, 6) is -0.505. The smallest absolute Gasteiger partial charge is 0.306 e. The number of rotatable bonds is 42. The lowest BCUT2D eigenvalue weighted by Crippen LogP contribution is -2.30. The van der Waals surface area contributed by atoms with Crippen LogP contribution < -0.4 is 0 Å². The van der Waals surface area contributed by atoms with Gasteiger partial charge < -0.3 is 14.2 Å². The van der Waals surface area contributed by atoms with Gasteiger partial charge in [-0.05, 0) is 116 Å². The van der Waals surface area contributed by atoms with Crippen LogP contribution in [0.2, 0.25) is 0 Å². The molecule has 0 aromatic carbocycles. The van der Waals surface area contributed by atoms with Gasteiger partial charge in [0.1, 0.15) is 6.61 Å². The molecule has 5 heteroatoms. The standard InChI is InChI=1S/C55H88O5/c1-4-7-10-13-16-19-22-25-27-28-29-31-33-36-39-42-45-48-54(56)59-52-53(51-58-50-47-44-41-38-35-32-26-23-20-17-14-11-8-5-2)60-55(57)49-46-43-40-37-34-30-24-21-18-15-12-9-6-3/h7-8,10-12,15-17,19-21,24-27,29,31-32,36,39,53H,4-6,9,13-14,18,22-23,28,30,33-35,37-38,40-52H2,1-3H3/b10-7-,11-8-,15-12-,19-16-,20-17-,24-21-,27-25-,31-29-,32-26-,39-36-. The van der Waals surface area contributed by atoms with E-state index in [9.17, 15) is 9.59 Å². The molecule has 0 aliphatic heterocycles. The number of ether oxygens (including phenoxy) is 3. The number of esters is 2. The van der Waals surface area contributed by atoms with Gasteiger partial charge in [-0.15, -0.1) is 0 Å². The van der Waals surface area contributed by atoms with E-state index in [-0.39, 0.29) is 25.2 Å². The van der Waals surface area contributed by atoms with E-state index in [1.807, 2.05) is 0 Å². The van der Waals surface area contributed by atoms with Crippen LogP contribution in [0.1, 0.15) is 188 Å². The number of hydrogen-bond acceptors (Lipinski definition) is 5. The maximum atomic E-state index is 12.8. The Balaban J connectivity index is 4.45. The van der Waals surface area contributed by atoms with Gasteiger partial charge in [0.2, 0.25) is 0 Å². The summed E-state index contributed by atoms with van der Waals surface area (Å²) < 4.78 is 17.3. The fourth-order valence-corrected chi connectivity index (χ4v) is 5.95. The number of unbranched alkanes of at least 4 members (excludes halogenated alkanes) is 11. The molecule has 1 unspecified atom stereocenters. The molecular weight excluding hydrogens is 741 g/mol. The highest BCUT2D eigenvalue weighted by molar-refractivity contribution is 5.70. The van der Waals surface area contributed by atoms with Crippen LogP contribution in [0.25, 0.3) is 0 Å². The fraction of sp³-hybridized carbons (Fsp3) is 0.600. The predicted molar refractivity (Wildman–Crippen MR) is 260 cm³/mol. The number of carbonyl (C=O) groups is 2. The van der Waals surface area contributed by atoms with E-state index in [1.54, 1.807) is 0 Å². The van der Waals surface area contributed by atoms with E-state index in [1.165, 1.54) is 25.7 Å². The van der Waals surface area contributed by atoms with E-state index in [0.29, 0.717) is 19.4 Å². The van der Waals surface area contributed by atoms with Crippen LogP contribution in [0.15, 0.2) is 122 Å². The molecule has 60 heavy (non-hydrogen) atoms. The van der Waals surface area contributed by atoms with Gasteiger partial charge in [0.05, 0.1) is 6.61 Å². The highest BCUT2D eigenvalue weighted by atomic mass is 16.6. The molecule has 0 aromatic rings. The fourth-order valence-electron chi connectivity index (χ4n) is 5.95. The van der Waals surface area contributed by atoms with Crippen LogP contribution in [0, 0.1) is 0 Å². The van der Waals surface area contributed by atoms with Crippen LogP contribution in [0.3, 0.4) is 0 Å². The second kappa shape index (κ2) is 49.7. The number of hydrogen-bond donors (Lipinski definition) is 0. The maximum absolute atomic E-state index is 12.8. The average molecular weight is 829 g/mol. The number of carbonyl (C=O) groups excluding carboxylic acids is 2. The first-order valence-electron chi connectivity index (χ1n) is 24.1. The van der Waals surface area contributed by atoms with Crippen molar-refractivity contribution in [1.29, 1.82) is 0 Å².